The van der Waals surface area contributed by atoms with E-state index in [4.69, 9.17) is 0 Å². The fourth-order valence-corrected chi connectivity index (χ4v) is 1.63. The molecule has 1 fully saturated rings. The van der Waals surface area contributed by atoms with Gasteiger partial charge in [0.2, 0.25) is 5.91 Å². The lowest BCUT2D eigenvalue weighted by molar-refractivity contribution is -0.124. The van der Waals surface area contributed by atoms with E-state index in [9.17, 15) is 9.18 Å². The van der Waals surface area contributed by atoms with E-state index >= 15 is 0 Å². The van der Waals surface area contributed by atoms with E-state index in [1.807, 2.05) is 0 Å². The Bertz CT molecular complexity index is 391. The Morgan fingerprint density at radius 2 is 2.06 bits per heavy atom. The zero-order chi connectivity index (χ0) is 11.4. The van der Waals surface area contributed by atoms with Crippen LogP contribution in [0.2, 0.25) is 0 Å². The van der Waals surface area contributed by atoms with E-state index in [0.29, 0.717) is 0 Å². The van der Waals surface area contributed by atoms with Crippen molar-refractivity contribution in [3.05, 3.63) is 48.1 Å². The molecule has 0 unspecified atom stereocenters. The predicted molar refractivity (Wildman–Crippen MR) is 60.9 cm³/mol. The number of likely N-dealkylation sites (tertiary alicyclic amines) is 1. The van der Waals surface area contributed by atoms with E-state index < -0.39 is 0 Å². The molecule has 0 spiro atoms. The van der Waals surface area contributed by atoms with Crippen molar-refractivity contribution in [3.63, 3.8) is 0 Å². The number of amides is 1. The second kappa shape index (κ2) is 4.92. The first-order valence-corrected chi connectivity index (χ1v) is 5.30. The topological polar surface area (TPSA) is 20.3 Å². The zero-order valence-corrected chi connectivity index (χ0v) is 8.90. The molecule has 1 radical (unpaired) electrons. The van der Waals surface area contributed by atoms with Crippen LogP contribution in [0.3, 0.4) is 0 Å². The molecule has 0 aliphatic carbocycles. The quantitative estimate of drug-likeness (QED) is 0.697. The van der Waals surface area contributed by atoms with E-state index in [1.165, 1.54) is 18.2 Å². The summed E-state index contributed by atoms with van der Waals surface area (Å²) in [4.78, 5) is 13.4. The number of hydrogen-bond acceptors (Lipinski definition) is 1. The van der Waals surface area contributed by atoms with Gasteiger partial charge in [-0.25, -0.2) is 4.39 Å². The maximum atomic E-state index is 12.6. The van der Waals surface area contributed by atoms with Crippen LogP contribution in [0.25, 0.3) is 6.08 Å². The monoisotopic (exact) mass is 218 g/mol. The third-order valence-corrected chi connectivity index (χ3v) is 2.55. The van der Waals surface area contributed by atoms with Crippen LogP contribution in [-0.2, 0) is 4.79 Å². The van der Waals surface area contributed by atoms with Gasteiger partial charge in [0.25, 0.3) is 0 Å². The Labute approximate surface area is 94.4 Å². The number of benzene rings is 1. The van der Waals surface area contributed by atoms with Crippen molar-refractivity contribution in [2.45, 2.75) is 6.42 Å². The number of nitrogens with zero attached hydrogens (tertiary/aromatic N) is 1. The second-order valence-electron chi connectivity index (χ2n) is 3.75. The Hall–Kier alpha value is -1.64. The number of carbonyl (C=O) groups is 1. The van der Waals surface area contributed by atoms with Gasteiger partial charge < -0.3 is 4.90 Å². The zero-order valence-electron chi connectivity index (χ0n) is 8.90. The summed E-state index contributed by atoms with van der Waals surface area (Å²) in [7, 11) is 0. The molecule has 2 nitrogen and oxygen atoms in total. The molecular weight excluding hydrogens is 205 g/mol. The lowest BCUT2D eigenvalue weighted by atomic mass is 10.2. The van der Waals surface area contributed by atoms with Crippen molar-refractivity contribution < 1.29 is 9.18 Å². The fraction of sp³-hybridized carbons (Fsp3) is 0.231. The highest BCUT2D eigenvalue weighted by Gasteiger charge is 2.15. The lowest BCUT2D eigenvalue weighted by Crippen LogP contribution is -2.25. The molecule has 1 aliphatic rings. The summed E-state index contributed by atoms with van der Waals surface area (Å²) in [6.07, 6.45) is 6.30. The van der Waals surface area contributed by atoms with Crippen LogP contribution in [0.5, 0.6) is 0 Å². The van der Waals surface area contributed by atoms with E-state index in [1.54, 1.807) is 23.1 Å². The molecular formula is C13H13FNO. The van der Waals surface area contributed by atoms with Crippen molar-refractivity contribution >= 4 is 12.0 Å². The largest absolute Gasteiger partial charge is 0.339 e. The van der Waals surface area contributed by atoms with Gasteiger partial charge in [-0.15, -0.1) is 0 Å². The average Bonchev–Trinajstić information content (AvgIpc) is 2.81. The Balaban J connectivity index is 1.97. The standard InChI is InChI=1S/C13H13FNO/c14-12-6-3-11(4-7-12)5-8-13(16)15-9-1-2-10-15/h1,3-8H,2,9-10H2. The van der Waals surface area contributed by atoms with Crippen LogP contribution < -0.4 is 0 Å². The number of halogens is 1. The van der Waals surface area contributed by atoms with Gasteiger partial charge in [0.1, 0.15) is 5.82 Å². The molecule has 0 saturated carbocycles. The minimum Gasteiger partial charge on any atom is -0.339 e. The number of rotatable bonds is 2. The normalized spacial score (nSPS) is 15.9. The summed E-state index contributed by atoms with van der Waals surface area (Å²) >= 11 is 0. The van der Waals surface area contributed by atoms with Gasteiger partial charge in [-0.1, -0.05) is 12.1 Å². The van der Waals surface area contributed by atoms with Crippen molar-refractivity contribution in [1.29, 1.82) is 0 Å². The number of carbonyl (C=O) groups excluding carboxylic acids is 1. The van der Waals surface area contributed by atoms with Crippen LogP contribution >= 0.6 is 0 Å². The SMILES string of the molecule is O=C(C=Cc1ccc(F)cc1)N1C[CH]CC1. The van der Waals surface area contributed by atoms with E-state index in [0.717, 1.165) is 25.1 Å². The first-order chi connectivity index (χ1) is 7.75. The van der Waals surface area contributed by atoms with E-state index in [-0.39, 0.29) is 11.7 Å². The molecule has 0 atom stereocenters. The Morgan fingerprint density at radius 1 is 1.31 bits per heavy atom. The van der Waals surface area contributed by atoms with Crippen LogP contribution in [0, 0.1) is 12.2 Å². The smallest absolute Gasteiger partial charge is 0.246 e. The molecule has 1 saturated heterocycles. The van der Waals surface area contributed by atoms with E-state index in [2.05, 4.69) is 6.42 Å². The van der Waals surface area contributed by atoms with Gasteiger partial charge in [0.15, 0.2) is 0 Å². The van der Waals surface area contributed by atoms with Crippen molar-refractivity contribution in [3.8, 4) is 0 Å². The maximum Gasteiger partial charge on any atom is 0.246 e. The highest BCUT2D eigenvalue weighted by molar-refractivity contribution is 5.92. The second-order valence-corrected chi connectivity index (χ2v) is 3.75. The van der Waals surface area contributed by atoms with Crippen molar-refractivity contribution in [1.82, 2.24) is 4.90 Å². The minimum absolute atomic E-state index is 0.0121. The summed E-state index contributed by atoms with van der Waals surface area (Å²) < 4.78 is 12.6. The van der Waals surface area contributed by atoms with Crippen LogP contribution in [0.1, 0.15) is 12.0 Å². The molecule has 1 amide bonds. The molecule has 83 valence electrons. The number of hydrogen-bond donors (Lipinski definition) is 0. The molecule has 1 aliphatic heterocycles. The molecule has 2 rings (SSSR count). The van der Waals surface area contributed by atoms with Crippen molar-refractivity contribution in [2.24, 2.45) is 0 Å². The van der Waals surface area contributed by atoms with Gasteiger partial charge in [0, 0.05) is 19.2 Å². The molecule has 1 heterocycles. The van der Waals surface area contributed by atoms with Gasteiger partial charge in [-0.05, 0) is 36.6 Å². The molecule has 0 bridgehead atoms. The lowest BCUT2D eigenvalue weighted by Gasteiger charge is -2.11. The van der Waals surface area contributed by atoms with Gasteiger partial charge in [-0.3, -0.25) is 4.79 Å². The van der Waals surface area contributed by atoms with Gasteiger partial charge >= 0.3 is 0 Å². The molecule has 1 aromatic carbocycles. The van der Waals surface area contributed by atoms with Gasteiger partial charge in [0.05, 0.1) is 0 Å². The Kier molecular flexibility index (Phi) is 3.34. The fourth-order valence-electron chi connectivity index (χ4n) is 1.63. The highest BCUT2D eigenvalue weighted by Crippen LogP contribution is 2.09. The van der Waals surface area contributed by atoms with Crippen LogP contribution in [0.15, 0.2) is 30.3 Å². The summed E-state index contributed by atoms with van der Waals surface area (Å²) in [6, 6.07) is 6.06. The third-order valence-electron chi connectivity index (χ3n) is 2.55. The molecule has 0 N–H and O–H groups in total. The molecule has 0 aromatic heterocycles. The summed E-state index contributed by atoms with van der Waals surface area (Å²) in [5.74, 6) is -0.254. The summed E-state index contributed by atoms with van der Waals surface area (Å²) in [5, 5.41) is 0. The molecule has 1 aromatic rings. The first-order valence-electron chi connectivity index (χ1n) is 5.30. The minimum atomic E-state index is -0.266. The molecule has 3 heteroatoms. The maximum absolute atomic E-state index is 12.6. The highest BCUT2D eigenvalue weighted by atomic mass is 19.1. The average molecular weight is 218 g/mol. The summed E-state index contributed by atoms with van der Waals surface area (Å²) in [6.45, 7) is 1.53. The Morgan fingerprint density at radius 3 is 2.69 bits per heavy atom. The third kappa shape index (κ3) is 2.69. The van der Waals surface area contributed by atoms with Crippen molar-refractivity contribution in [2.75, 3.05) is 13.1 Å². The first kappa shape index (κ1) is 10.9. The van der Waals surface area contributed by atoms with Crippen LogP contribution in [-0.4, -0.2) is 23.9 Å². The summed E-state index contributed by atoms with van der Waals surface area (Å²) in [5.41, 5.74) is 0.831. The van der Waals surface area contributed by atoms with Crippen LogP contribution in [0.4, 0.5) is 4.39 Å². The predicted octanol–water partition coefficient (Wildman–Crippen LogP) is 2.28. The molecule has 16 heavy (non-hydrogen) atoms. The van der Waals surface area contributed by atoms with Gasteiger partial charge in [-0.2, -0.15) is 0 Å².